The molecule has 1 unspecified atom stereocenters. The molecule has 1 atom stereocenters. The molecular weight excluding hydrogens is 212 g/mol. The van der Waals surface area contributed by atoms with Gasteiger partial charge in [0.15, 0.2) is 0 Å². The molecule has 1 aromatic carbocycles. The maximum Gasteiger partial charge on any atom is 0.314 e. The quantitative estimate of drug-likeness (QED) is 0.447. The lowest BCUT2D eigenvalue weighted by atomic mass is 10.2. The second kappa shape index (κ2) is 4.23. The van der Waals surface area contributed by atoms with Crippen LogP contribution in [0.15, 0.2) is 24.3 Å². The second-order valence-electron chi connectivity index (χ2n) is 3.88. The van der Waals surface area contributed by atoms with Crippen LogP contribution in [0.25, 0.3) is 0 Å². The van der Waals surface area contributed by atoms with E-state index < -0.39 is 0 Å². The number of esters is 1. The van der Waals surface area contributed by atoms with Crippen molar-refractivity contribution in [1.82, 2.24) is 0 Å². The Balaban J connectivity index is 2.00. The molecule has 0 aliphatic heterocycles. The average Bonchev–Trinajstić information content (AvgIpc) is 3.01. The zero-order chi connectivity index (χ0) is 10.8. The van der Waals surface area contributed by atoms with Gasteiger partial charge in [-0.3, -0.25) is 4.79 Å². The third-order valence-corrected chi connectivity index (χ3v) is 2.72. The molecule has 0 saturated heterocycles. The fourth-order valence-corrected chi connectivity index (χ4v) is 1.47. The van der Waals surface area contributed by atoms with Gasteiger partial charge in [0.2, 0.25) is 0 Å². The molecule has 0 N–H and O–H groups in total. The molecular formula is C12H13ClO2. The molecule has 3 heteroatoms. The van der Waals surface area contributed by atoms with Crippen LogP contribution in [0, 0.1) is 5.92 Å². The first-order chi connectivity index (χ1) is 7.16. The van der Waals surface area contributed by atoms with Crippen molar-refractivity contribution in [3.8, 4) is 5.75 Å². The summed E-state index contributed by atoms with van der Waals surface area (Å²) in [5.41, 5.74) is 1.03. The van der Waals surface area contributed by atoms with Crippen molar-refractivity contribution >= 4 is 17.6 Å². The van der Waals surface area contributed by atoms with E-state index >= 15 is 0 Å². The molecule has 0 aromatic heterocycles. The van der Waals surface area contributed by atoms with Crippen molar-refractivity contribution in [3.63, 3.8) is 0 Å². The molecule has 2 rings (SSSR count). The first kappa shape index (κ1) is 10.5. The number of rotatable bonds is 3. The Morgan fingerprint density at radius 1 is 1.40 bits per heavy atom. The predicted octanol–water partition coefficient (Wildman–Crippen LogP) is 3.30. The van der Waals surface area contributed by atoms with Gasteiger partial charge in [-0.15, -0.1) is 11.6 Å². The Hall–Kier alpha value is -1.02. The standard InChI is InChI=1S/C12H13ClO2/c1-8(13)9-4-6-11(7-5-9)15-12(14)10-2-3-10/h4-8,10H,2-3H2,1H3. The lowest BCUT2D eigenvalue weighted by Gasteiger charge is -2.06. The predicted molar refractivity (Wildman–Crippen MR) is 59.1 cm³/mol. The number of carbonyl (C=O) groups is 1. The van der Waals surface area contributed by atoms with Crippen LogP contribution in [-0.4, -0.2) is 5.97 Å². The van der Waals surface area contributed by atoms with Gasteiger partial charge in [0.25, 0.3) is 0 Å². The summed E-state index contributed by atoms with van der Waals surface area (Å²) >= 11 is 5.91. The van der Waals surface area contributed by atoms with Gasteiger partial charge in [0.1, 0.15) is 5.75 Å². The molecule has 0 amide bonds. The van der Waals surface area contributed by atoms with Crippen molar-refractivity contribution in [1.29, 1.82) is 0 Å². The van der Waals surface area contributed by atoms with Gasteiger partial charge in [-0.25, -0.2) is 0 Å². The highest BCUT2D eigenvalue weighted by Gasteiger charge is 2.31. The van der Waals surface area contributed by atoms with Gasteiger partial charge >= 0.3 is 5.97 Å². The third-order valence-electron chi connectivity index (χ3n) is 2.47. The maximum absolute atomic E-state index is 11.3. The molecule has 80 valence electrons. The Morgan fingerprint density at radius 3 is 2.47 bits per heavy atom. The minimum atomic E-state index is -0.110. The summed E-state index contributed by atoms with van der Waals surface area (Å²) in [5.74, 6) is 0.631. The largest absolute Gasteiger partial charge is 0.426 e. The fraction of sp³-hybridized carbons (Fsp3) is 0.417. The lowest BCUT2D eigenvalue weighted by molar-refractivity contribution is -0.135. The highest BCUT2D eigenvalue weighted by Crippen LogP contribution is 2.31. The van der Waals surface area contributed by atoms with Crippen molar-refractivity contribution in [2.45, 2.75) is 25.1 Å². The van der Waals surface area contributed by atoms with E-state index in [1.807, 2.05) is 19.1 Å². The van der Waals surface area contributed by atoms with Crippen LogP contribution < -0.4 is 4.74 Å². The van der Waals surface area contributed by atoms with E-state index in [0.717, 1.165) is 18.4 Å². The van der Waals surface area contributed by atoms with E-state index in [1.165, 1.54) is 0 Å². The fourth-order valence-electron chi connectivity index (χ4n) is 1.32. The van der Waals surface area contributed by atoms with Gasteiger partial charge < -0.3 is 4.74 Å². The van der Waals surface area contributed by atoms with Crippen LogP contribution in [-0.2, 0) is 4.79 Å². The molecule has 0 spiro atoms. The molecule has 15 heavy (non-hydrogen) atoms. The van der Waals surface area contributed by atoms with Gasteiger partial charge in [-0.05, 0) is 37.5 Å². The number of carbonyl (C=O) groups excluding carboxylic acids is 1. The van der Waals surface area contributed by atoms with E-state index in [-0.39, 0.29) is 17.3 Å². The topological polar surface area (TPSA) is 26.3 Å². The normalized spacial score (nSPS) is 17.2. The van der Waals surface area contributed by atoms with Crippen molar-refractivity contribution < 1.29 is 9.53 Å². The van der Waals surface area contributed by atoms with Crippen LogP contribution in [0.3, 0.4) is 0 Å². The monoisotopic (exact) mass is 224 g/mol. The lowest BCUT2D eigenvalue weighted by Crippen LogP contribution is -2.09. The van der Waals surface area contributed by atoms with Crippen LogP contribution in [0.5, 0.6) is 5.75 Å². The van der Waals surface area contributed by atoms with Crippen LogP contribution in [0.4, 0.5) is 0 Å². The van der Waals surface area contributed by atoms with Gasteiger partial charge in [0, 0.05) is 0 Å². The Kier molecular flexibility index (Phi) is 2.96. The van der Waals surface area contributed by atoms with E-state index in [0.29, 0.717) is 5.75 Å². The SMILES string of the molecule is CC(Cl)c1ccc(OC(=O)C2CC2)cc1. The minimum absolute atomic E-state index is 0.0156. The van der Waals surface area contributed by atoms with Crippen LogP contribution in [0.1, 0.15) is 30.7 Å². The number of ether oxygens (including phenoxy) is 1. The summed E-state index contributed by atoms with van der Waals surface area (Å²) in [6.45, 7) is 1.91. The minimum Gasteiger partial charge on any atom is -0.426 e. The van der Waals surface area contributed by atoms with Gasteiger partial charge in [-0.2, -0.15) is 0 Å². The smallest absolute Gasteiger partial charge is 0.314 e. The molecule has 2 nitrogen and oxygen atoms in total. The van der Waals surface area contributed by atoms with Crippen molar-refractivity contribution in [2.75, 3.05) is 0 Å². The number of halogens is 1. The number of hydrogen-bond donors (Lipinski definition) is 0. The van der Waals surface area contributed by atoms with Gasteiger partial charge in [-0.1, -0.05) is 12.1 Å². The molecule has 1 saturated carbocycles. The summed E-state index contributed by atoms with van der Waals surface area (Å²) in [6, 6.07) is 7.34. The first-order valence-electron chi connectivity index (χ1n) is 5.12. The molecule has 0 bridgehead atoms. The second-order valence-corrected chi connectivity index (χ2v) is 4.54. The van der Waals surface area contributed by atoms with Crippen LogP contribution in [0.2, 0.25) is 0 Å². The molecule has 0 heterocycles. The Morgan fingerprint density at radius 2 is 2.00 bits per heavy atom. The van der Waals surface area contributed by atoms with E-state index in [1.54, 1.807) is 12.1 Å². The Labute approximate surface area is 94.2 Å². The van der Waals surface area contributed by atoms with Crippen molar-refractivity contribution in [3.05, 3.63) is 29.8 Å². The molecule has 1 aromatic rings. The number of benzene rings is 1. The zero-order valence-electron chi connectivity index (χ0n) is 8.57. The first-order valence-corrected chi connectivity index (χ1v) is 5.56. The molecule has 1 fully saturated rings. The van der Waals surface area contributed by atoms with E-state index in [4.69, 9.17) is 16.3 Å². The highest BCUT2D eigenvalue weighted by molar-refractivity contribution is 6.20. The highest BCUT2D eigenvalue weighted by atomic mass is 35.5. The van der Waals surface area contributed by atoms with Crippen molar-refractivity contribution in [2.24, 2.45) is 5.92 Å². The average molecular weight is 225 g/mol. The molecule has 1 aliphatic rings. The molecule has 1 aliphatic carbocycles. The number of alkyl halides is 1. The van der Waals surface area contributed by atoms with Crippen LogP contribution >= 0.6 is 11.6 Å². The summed E-state index contributed by atoms with van der Waals surface area (Å²) in [5, 5.41) is -0.0156. The van der Waals surface area contributed by atoms with Gasteiger partial charge in [0.05, 0.1) is 11.3 Å². The summed E-state index contributed by atoms with van der Waals surface area (Å²) < 4.78 is 5.19. The summed E-state index contributed by atoms with van der Waals surface area (Å²) in [7, 11) is 0. The summed E-state index contributed by atoms with van der Waals surface area (Å²) in [4.78, 5) is 11.3. The maximum atomic E-state index is 11.3. The zero-order valence-corrected chi connectivity index (χ0v) is 9.33. The molecule has 0 radical (unpaired) electrons. The summed E-state index contributed by atoms with van der Waals surface area (Å²) in [6.07, 6.45) is 1.94. The number of hydrogen-bond acceptors (Lipinski definition) is 2. The Bertz CT molecular complexity index is 352. The van der Waals surface area contributed by atoms with E-state index in [9.17, 15) is 4.79 Å². The van der Waals surface area contributed by atoms with E-state index in [2.05, 4.69) is 0 Å². The third kappa shape index (κ3) is 2.72.